The van der Waals surface area contributed by atoms with Crippen LogP contribution in [0.5, 0.6) is 0 Å². The van der Waals surface area contributed by atoms with Crippen LogP contribution in [0.25, 0.3) is 6.08 Å². The van der Waals surface area contributed by atoms with Gasteiger partial charge in [0.25, 0.3) is 11.8 Å². The second-order valence-electron chi connectivity index (χ2n) is 7.20. The van der Waals surface area contributed by atoms with Crippen LogP contribution >= 0.6 is 23.2 Å². The molecule has 0 saturated heterocycles. The summed E-state index contributed by atoms with van der Waals surface area (Å²) in [5.74, 6) is -1.02. The van der Waals surface area contributed by atoms with Crippen LogP contribution in [0.15, 0.2) is 83.6 Å². The molecule has 0 bridgehead atoms. The van der Waals surface area contributed by atoms with Crippen LogP contribution in [0.3, 0.4) is 0 Å². The zero-order valence-electron chi connectivity index (χ0n) is 18.0. The van der Waals surface area contributed by atoms with Crippen molar-refractivity contribution in [1.82, 2.24) is 10.7 Å². The van der Waals surface area contributed by atoms with Crippen LogP contribution in [0.4, 0.5) is 5.69 Å². The third kappa shape index (κ3) is 6.68. The number of amides is 2. The Morgan fingerprint density at radius 1 is 0.879 bits per heavy atom. The highest BCUT2D eigenvalue weighted by Crippen LogP contribution is 2.22. The normalized spacial score (nSPS) is 11.3. The SMILES string of the molecule is CN(C)c1ccc(/C=C(\NC(=O)c2ccccc2)C(=O)N/N=C/c2c(Cl)cccc2Cl)cc1. The van der Waals surface area contributed by atoms with Gasteiger partial charge in [0.2, 0.25) is 0 Å². The van der Waals surface area contributed by atoms with Crippen molar-refractivity contribution in [3.05, 3.63) is 105 Å². The highest BCUT2D eigenvalue weighted by atomic mass is 35.5. The van der Waals surface area contributed by atoms with Crippen molar-refractivity contribution in [2.75, 3.05) is 19.0 Å². The summed E-state index contributed by atoms with van der Waals surface area (Å²) in [5, 5.41) is 7.41. The third-order valence-corrected chi connectivity index (χ3v) is 5.27. The minimum Gasteiger partial charge on any atom is -0.378 e. The number of carbonyl (C=O) groups excluding carboxylic acids is 2. The maximum Gasteiger partial charge on any atom is 0.287 e. The van der Waals surface area contributed by atoms with Gasteiger partial charge in [0.15, 0.2) is 0 Å². The first kappa shape index (κ1) is 24.0. The van der Waals surface area contributed by atoms with E-state index in [0.29, 0.717) is 21.2 Å². The number of benzene rings is 3. The number of nitrogens with one attached hydrogen (secondary N) is 2. The average Bonchev–Trinajstić information content (AvgIpc) is 2.81. The van der Waals surface area contributed by atoms with Crippen molar-refractivity contribution in [3.8, 4) is 0 Å². The molecule has 168 valence electrons. The Morgan fingerprint density at radius 3 is 2.12 bits per heavy atom. The van der Waals surface area contributed by atoms with E-state index in [1.54, 1.807) is 54.6 Å². The van der Waals surface area contributed by atoms with Crippen LogP contribution < -0.4 is 15.6 Å². The smallest absolute Gasteiger partial charge is 0.287 e. The summed E-state index contributed by atoms with van der Waals surface area (Å²) >= 11 is 12.3. The van der Waals surface area contributed by atoms with Crippen molar-refractivity contribution < 1.29 is 9.59 Å². The van der Waals surface area contributed by atoms with Gasteiger partial charge in [-0.25, -0.2) is 5.43 Å². The van der Waals surface area contributed by atoms with Gasteiger partial charge in [-0.15, -0.1) is 0 Å². The maximum absolute atomic E-state index is 12.9. The zero-order valence-corrected chi connectivity index (χ0v) is 19.6. The second-order valence-corrected chi connectivity index (χ2v) is 8.01. The number of hydrogen-bond acceptors (Lipinski definition) is 4. The Labute approximate surface area is 202 Å². The van der Waals surface area contributed by atoms with E-state index in [9.17, 15) is 9.59 Å². The van der Waals surface area contributed by atoms with Crippen molar-refractivity contribution in [3.63, 3.8) is 0 Å². The molecule has 8 heteroatoms. The second kappa shape index (κ2) is 11.3. The molecule has 0 aliphatic rings. The molecule has 0 spiro atoms. The van der Waals surface area contributed by atoms with Crippen LogP contribution in [-0.4, -0.2) is 32.1 Å². The Morgan fingerprint density at radius 2 is 1.52 bits per heavy atom. The molecule has 2 amide bonds. The summed E-state index contributed by atoms with van der Waals surface area (Å²) in [6, 6.07) is 21.2. The fourth-order valence-electron chi connectivity index (χ4n) is 2.83. The van der Waals surface area contributed by atoms with E-state index in [-0.39, 0.29) is 5.70 Å². The van der Waals surface area contributed by atoms with Crippen LogP contribution in [-0.2, 0) is 4.79 Å². The van der Waals surface area contributed by atoms with Gasteiger partial charge in [-0.3, -0.25) is 9.59 Å². The molecule has 0 aliphatic heterocycles. The number of hydrazone groups is 1. The van der Waals surface area contributed by atoms with E-state index in [2.05, 4.69) is 15.8 Å². The fourth-order valence-corrected chi connectivity index (χ4v) is 3.32. The third-order valence-electron chi connectivity index (χ3n) is 4.61. The Balaban J connectivity index is 1.84. The Bertz CT molecular complexity index is 1170. The number of rotatable bonds is 7. The topological polar surface area (TPSA) is 73.8 Å². The molecule has 3 rings (SSSR count). The predicted molar refractivity (Wildman–Crippen MR) is 135 cm³/mol. The number of carbonyl (C=O) groups is 2. The largest absolute Gasteiger partial charge is 0.378 e. The predicted octanol–water partition coefficient (Wildman–Crippen LogP) is 4.98. The summed E-state index contributed by atoms with van der Waals surface area (Å²) in [4.78, 5) is 27.5. The van der Waals surface area contributed by atoms with Gasteiger partial charge in [0, 0.05) is 30.9 Å². The van der Waals surface area contributed by atoms with Gasteiger partial charge in [0.1, 0.15) is 5.70 Å². The van der Waals surface area contributed by atoms with Crippen molar-refractivity contribution >= 4 is 53.0 Å². The molecule has 33 heavy (non-hydrogen) atoms. The van der Waals surface area contributed by atoms with Gasteiger partial charge in [-0.1, -0.05) is 59.6 Å². The lowest BCUT2D eigenvalue weighted by Gasteiger charge is -2.12. The molecule has 0 atom stereocenters. The van der Waals surface area contributed by atoms with Gasteiger partial charge in [-0.05, 0) is 48.0 Å². The summed E-state index contributed by atoms with van der Waals surface area (Å²) < 4.78 is 0. The minimum absolute atomic E-state index is 0.0314. The summed E-state index contributed by atoms with van der Waals surface area (Å²) in [6.45, 7) is 0. The monoisotopic (exact) mass is 480 g/mol. The minimum atomic E-state index is -0.601. The molecule has 0 aliphatic carbocycles. The fraction of sp³-hybridized carbons (Fsp3) is 0.0800. The van der Waals surface area contributed by atoms with E-state index >= 15 is 0 Å². The molecule has 0 fully saturated rings. The highest BCUT2D eigenvalue weighted by molar-refractivity contribution is 6.38. The van der Waals surface area contributed by atoms with Gasteiger partial charge < -0.3 is 10.2 Å². The van der Waals surface area contributed by atoms with E-state index < -0.39 is 11.8 Å². The maximum atomic E-state index is 12.9. The lowest BCUT2D eigenvalue weighted by Crippen LogP contribution is -2.32. The summed E-state index contributed by atoms with van der Waals surface area (Å²) in [6.07, 6.45) is 2.93. The lowest BCUT2D eigenvalue weighted by molar-refractivity contribution is -0.117. The van der Waals surface area contributed by atoms with Gasteiger partial charge in [0.05, 0.1) is 16.3 Å². The molecule has 0 heterocycles. The molecule has 2 N–H and O–H groups in total. The van der Waals surface area contributed by atoms with Gasteiger partial charge in [-0.2, -0.15) is 5.10 Å². The first-order valence-electron chi connectivity index (χ1n) is 9.98. The molecule has 0 aromatic heterocycles. The first-order chi connectivity index (χ1) is 15.8. The zero-order chi connectivity index (χ0) is 23.8. The molecular weight excluding hydrogens is 459 g/mol. The van der Waals surface area contributed by atoms with E-state index in [4.69, 9.17) is 23.2 Å². The molecule has 0 radical (unpaired) electrons. The summed E-state index contributed by atoms with van der Waals surface area (Å²) in [5.41, 5.74) is 5.08. The molecule has 6 nitrogen and oxygen atoms in total. The highest BCUT2D eigenvalue weighted by Gasteiger charge is 2.14. The number of hydrogen-bond donors (Lipinski definition) is 2. The number of halogens is 2. The van der Waals surface area contributed by atoms with Gasteiger partial charge >= 0.3 is 0 Å². The van der Waals surface area contributed by atoms with Crippen LogP contribution in [0.2, 0.25) is 10.0 Å². The lowest BCUT2D eigenvalue weighted by atomic mass is 10.1. The molecular formula is C25H22Cl2N4O2. The average molecular weight is 481 g/mol. The van der Waals surface area contributed by atoms with E-state index in [1.165, 1.54) is 6.21 Å². The van der Waals surface area contributed by atoms with Crippen LogP contribution in [0.1, 0.15) is 21.5 Å². The molecule has 0 saturated carbocycles. The summed E-state index contributed by atoms with van der Waals surface area (Å²) in [7, 11) is 3.88. The van der Waals surface area contributed by atoms with Crippen LogP contribution in [0, 0.1) is 0 Å². The molecule has 3 aromatic carbocycles. The van der Waals surface area contributed by atoms with E-state index in [0.717, 1.165) is 11.3 Å². The standard InChI is InChI=1S/C25H22Cl2N4O2/c1-31(2)19-13-11-17(12-14-19)15-23(29-24(32)18-7-4-3-5-8-18)25(33)30-28-16-20-21(26)9-6-10-22(20)27/h3-16H,1-2H3,(H,29,32)(H,30,33)/b23-15-,28-16+. The Hall–Kier alpha value is -3.61. The molecule has 0 unspecified atom stereocenters. The first-order valence-corrected chi connectivity index (χ1v) is 10.7. The quantitative estimate of drug-likeness (QED) is 0.284. The molecule has 3 aromatic rings. The number of nitrogens with zero attached hydrogens (tertiary/aromatic N) is 2. The van der Waals surface area contributed by atoms with Crippen molar-refractivity contribution in [2.24, 2.45) is 5.10 Å². The Kier molecular flexibility index (Phi) is 8.24. The van der Waals surface area contributed by atoms with Crippen molar-refractivity contribution in [1.29, 1.82) is 0 Å². The van der Waals surface area contributed by atoms with E-state index in [1.807, 2.05) is 43.3 Å². The van der Waals surface area contributed by atoms with Crippen molar-refractivity contribution in [2.45, 2.75) is 0 Å². The number of anilines is 1.